The third-order valence-electron chi connectivity index (χ3n) is 3.93. The van der Waals surface area contributed by atoms with Crippen LogP contribution >= 0.6 is 0 Å². The van der Waals surface area contributed by atoms with Gasteiger partial charge in [-0.3, -0.25) is 10.1 Å². The number of hydrogen-bond donors (Lipinski definition) is 1. The first-order valence-corrected chi connectivity index (χ1v) is 9.11. The van der Waals surface area contributed by atoms with Gasteiger partial charge in [-0.1, -0.05) is 12.7 Å². The number of anilines is 1. The molecule has 1 aliphatic rings. The lowest BCUT2D eigenvalue weighted by Gasteiger charge is -2.35. The molecule has 1 aliphatic heterocycles. The third kappa shape index (κ3) is 6.29. The first-order chi connectivity index (χ1) is 13.2. The molecule has 1 N–H and O–H groups in total. The zero-order valence-corrected chi connectivity index (χ0v) is 16.6. The molecule has 0 bridgehead atoms. The second kappa shape index (κ2) is 9.25. The number of amides is 3. The van der Waals surface area contributed by atoms with Gasteiger partial charge in [0.1, 0.15) is 12.2 Å². The van der Waals surface area contributed by atoms with Gasteiger partial charge in [0.05, 0.1) is 0 Å². The third-order valence-corrected chi connectivity index (χ3v) is 3.93. The summed E-state index contributed by atoms with van der Waals surface area (Å²) in [4.78, 5) is 39.6. The second-order valence-corrected chi connectivity index (χ2v) is 7.35. The summed E-state index contributed by atoms with van der Waals surface area (Å²) in [7, 11) is 0. The minimum absolute atomic E-state index is 0.121. The molecule has 0 saturated carbocycles. The van der Waals surface area contributed by atoms with Crippen molar-refractivity contribution in [1.82, 2.24) is 9.80 Å². The highest BCUT2D eigenvalue weighted by atomic mass is 16.6. The maximum absolute atomic E-state index is 12.6. The Bertz CT molecular complexity index is 716. The van der Waals surface area contributed by atoms with Crippen LogP contribution in [0.5, 0.6) is 0 Å². The summed E-state index contributed by atoms with van der Waals surface area (Å²) in [6.45, 7) is 10.8. The zero-order valence-electron chi connectivity index (χ0n) is 16.6. The number of ether oxygens (including phenoxy) is 2. The number of hydrogen-bond acceptors (Lipinski definition) is 5. The number of nitrogens with zero attached hydrogens (tertiary/aromatic N) is 2. The molecule has 28 heavy (non-hydrogen) atoms. The lowest BCUT2D eigenvalue weighted by Crippen LogP contribution is -2.51. The predicted molar refractivity (Wildman–Crippen MR) is 105 cm³/mol. The van der Waals surface area contributed by atoms with E-state index in [4.69, 9.17) is 9.47 Å². The van der Waals surface area contributed by atoms with Crippen molar-refractivity contribution in [3.05, 3.63) is 42.5 Å². The molecule has 8 heteroatoms. The van der Waals surface area contributed by atoms with Crippen molar-refractivity contribution < 1.29 is 23.9 Å². The van der Waals surface area contributed by atoms with Crippen molar-refractivity contribution in [2.45, 2.75) is 26.4 Å². The molecule has 1 saturated heterocycles. The summed E-state index contributed by atoms with van der Waals surface area (Å²) in [5.74, 6) is -0.121. The van der Waals surface area contributed by atoms with Crippen LogP contribution in [0, 0.1) is 0 Å². The molecule has 1 aromatic carbocycles. The molecule has 0 radical (unpaired) electrons. The zero-order chi connectivity index (χ0) is 20.7. The molecule has 0 unspecified atom stereocenters. The highest BCUT2D eigenvalue weighted by Gasteiger charge is 2.28. The summed E-state index contributed by atoms with van der Waals surface area (Å²) >= 11 is 0. The molecule has 152 valence electrons. The number of nitrogens with one attached hydrogen (secondary N) is 1. The summed E-state index contributed by atoms with van der Waals surface area (Å²) in [6.07, 6.45) is 0.528. The van der Waals surface area contributed by atoms with E-state index in [9.17, 15) is 14.4 Å². The van der Waals surface area contributed by atoms with Gasteiger partial charge in [0.25, 0.3) is 5.91 Å². The average Bonchev–Trinajstić information content (AvgIpc) is 2.65. The van der Waals surface area contributed by atoms with Crippen LogP contribution in [0.4, 0.5) is 15.3 Å². The Kier molecular flexibility index (Phi) is 7.03. The van der Waals surface area contributed by atoms with Gasteiger partial charge in [-0.05, 0) is 45.0 Å². The number of piperazine rings is 1. The molecule has 0 spiro atoms. The summed E-state index contributed by atoms with van der Waals surface area (Å²) in [6, 6.07) is 6.57. The number of benzene rings is 1. The predicted octanol–water partition coefficient (Wildman–Crippen LogP) is 3.11. The molecule has 1 aromatic rings. The van der Waals surface area contributed by atoms with E-state index in [0.29, 0.717) is 37.4 Å². The largest absolute Gasteiger partial charge is 0.445 e. The van der Waals surface area contributed by atoms with Crippen LogP contribution in [0.3, 0.4) is 0 Å². The summed E-state index contributed by atoms with van der Waals surface area (Å²) in [5, 5.41) is 2.57. The highest BCUT2D eigenvalue weighted by Crippen LogP contribution is 2.15. The van der Waals surface area contributed by atoms with Crippen molar-refractivity contribution in [1.29, 1.82) is 0 Å². The monoisotopic (exact) mass is 389 g/mol. The smallest absolute Gasteiger partial charge is 0.411 e. The van der Waals surface area contributed by atoms with Crippen molar-refractivity contribution in [2.75, 3.05) is 38.1 Å². The summed E-state index contributed by atoms with van der Waals surface area (Å²) in [5.41, 5.74) is 0.494. The molecule has 0 atom stereocenters. The Morgan fingerprint density at radius 2 is 1.64 bits per heavy atom. The Balaban J connectivity index is 1.87. The highest BCUT2D eigenvalue weighted by molar-refractivity contribution is 5.95. The van der Waals surface area contributed by atoms with E-state index < -0.39 is 11.7 Å². The van der Waals surface area contributed by atoms with E-state index in [1.165, 1.54) is 6.08 Å². The van der Waals surface area contributed by atoms with Crippen molar-refractivity contribution in [3.63, 3.8) is 0 Å². The number of rotatable bonds is 4. The van der Waals surface area contributed by atoms with Gasteiger partial charge in [-0.25, -0.2) is 9.59 Å². The minimum Gasteiger partial charge on any atom is -0.445 e. The summed E-state index contributed by atoms with van der Waals surface area (Å²) < 4.78 is 10.2. The first kappa shape index (κ1) is 21.3. The molecule has 2 rings (SSSR count). The van der Waals surface area contributed by atoms with Crippen molar-refractivity contribution >= 4 is 23.8 Å². The molecular formula is C20H27N3O5. The normalized spacial score (nSPS) is 14.2. The molecular weight excluding hydrogens is 362 g/mol. The van der Waals surface area contributed by atoms with Gasteiger partial charge in [-0.15, -0.1) is 0 Å². The van der Waals surface area contributed by atoms with E-state index in [2.05, 4.69) is 11.9 Å². The van der Waals surface area contributed by atoms with Gasteiger partial charge in [-0.2, -0.15) is 0 Å². The quantitative estimate of drug-likeness (QED) is 0.800. The van der Waals surface area contributed by atoms with Gasteiger partial charge in [0.15, 0.2) is 0 Å². The Morgan fingerprint density at radius 3 is 2.18 bits per heavy atom. The molecule has 8 nitrogen and oxygen atoms in total. The Labute approximate surface area is 165 Å². The van der Waals surface area contributed by atoms with Gasteiger partial charge in [0.2, 0.25) is 0 Å². The maximum atomic E-state index is 12.6. The van der Waals surface area contributed by atoms with E-state index in [-0.39, 0.29) is 18.6 Å². The fourth-order valence-corrected chi connectivity index (χ4v) is 2.59. The van der Waals surface area contributed by atoms with Crippen LogP contribution in [-0.2, 0) is 9.47 Å². The maximum Gasteiger partial charge on any atom is 0.411 e. The molecule has 3 amide bonds. The Hall–Kier alpha value is -3.03. The molecule has 1 fully saturated rings. The Morgan fingerprint density at radius 1 is 1.07 bits per heavy atom. The van der Waals surface area contributed by atoms with E-state index >= 15 is 0 Å². The van der Waals surface area contributed by atoms with Gasteiger partial charge in [0, 0.05) is 37.4 Å². The second-order valence-electron chi connectivity index (χ2n) is 7.35. The number of carbonyl (C=O) groups excluding carboxylic acids is 3. The average molecular weight is 389 g/mol. The van der Waals surface area contributed by atoms with E-state index in [1.807, 2.05) is 20.8 Å². The van der Waals surface area contributed by atoms with Gasteiger partial charge < -0.3 is 19.3 Å². The lowest BCUT2D eigenvalue weighted by molar-refractivity contribution is 0.0141. The van der Waals surface area contributed by atoms with Crippen LogP contribution in [0.1, 0.15) is 31.1 Å². The molecule has 1 heterocycles. The standard InChI is InChI=1S/C20H27N3O5/c1-5-14-27-18(25)21-16-8-6-15(7-9-16)17(24)22-10-12-23(13-11-22)19(26)28-20(2,3)4/h5-9H,1,10-14H2,2-4H3,(H,21,25). The van der Waals surface area contributed by atoms with Crippen LogP contribution in [0.2, 0.25) is 0 Å². The van der Waals surface area contributed by atoms with Crippen LogP contribution in [0.25, 0.3) is 0 Å². The van der Waals surface area contributed by atoms with Crippen LogP contribution in [-0.4, -0.2) is 66.3 Å². The van der Waals surface area contributed by atoms with Crippen molar-refractivity contribution in [3.8, 4) is 0 Å². The molecule has 0 aliphatic carbocycles. The van der Waals surface area contributed by atoms with E-state index in [0.717, 1.165) is 0 Å². The van der Waals surface area contributed by atoms with Gasteiger partial charge >= 0.3 is 12.2 Å². The minimum atomic E-state index is -0.586. The van der Waals surface area contributed by atoms with E-state index in [1.54, 1.807) is 34.1 Å². The SMILES string of the molecule is C=CCOC(=O)Nc1ccc(C(=O)N2CCN(C(=O)OC(C)(C)C)CC2)cc1. The molecule has 0 aromatic heterocycles. The van der Waals surface area contributed by atoms with Crippen molar-refractivity contribution in [2.24, 2.45) is 0 Å². The van der Waals surface area contributed by atoms with Crippen LogP contribution in [0.15, 0.2) is 36.9 Å². The fraction of sp³-hybridized carbons (Fsp3) is 0.450. The lowest BCUT2D eigenvalue weighted by atomic mass is 10.1. The number of carbonyl (C=O) groups is 3. The fourth-order valence-electron chi connectivity index (χ4n) is 2.59. The topological polar surface area (TPSA) is 88.2 Å². The first-order valence-electron chi connectivity index (χ1n) is 9.11. The van der Waals surface area contributed by atoms with Crippen LogP contribution < -0.4 is 5.32 Å².